The Bertz CT molecular complexity index is 814. The fourth-order valence-electron chi connectivity index (χ4n) is 2.42. The number of aryl methyl sites for hydroxylation is 2. The highest BCUT2D eigenvalue weighted by Crippen LogP contribution is 2.29. The van der Waals surface area contributed by atoms with Crippen LogP contribution in [-0.2, 0) is 0 Å². The number of fused-ring (bicyclic) bond motifs is 1. The molecule has 0 radical (unpaired) electrons. The number of para-hydroxylation sites is 2. The molecule has 106 valence electrons. The average Bonchev–Trinajstić information content (AvgIpc) is 2.81. The Morgan fingerprint density at radius 3 is 2.38 bits per heavy atom. The maximum atomic E-state index is 12.4. The van der Waals surface area contributed by atoms with E-state index in [0.717, 1.165) is 22.2 Å². The fourth-order valence-corrected chi connectivity index (χ4v) is 2.42. The summed E-state index contributed by atoms with van der Waals surface area (Å²) in [6, 6.07) is 13.2. The second-order valence-electron chi connectivity index (χ2n) is 5.06. The van der Waals surface area contributed by atoms with Crippen molar-refractivity contribution in [2.75, 3.05) is 11.1 Å². The van der Waals surface area contributed by atoms with Crippen LogP contribution in [-0.4, -0.2) is 5.91 Å². The van der Waals surface area contributed by atoms with Crippen LogP contribution in [0.1, 0.15) is 21.7 Å². The van der Waals surface area contributed by atoms with E-state index in [2.05, 4.69) is 5.32 Å². The molecule has 0 bridgehead atoms. The molecular weight excluding hydrogens is 264 g/mol. The summed E-state index contributed by atoms with van der Waals surface area (Å²) >= 11 is 0. The molecule has 3 aromatic rings. The van der Waals surface area contributed by atoms with E-state index in [0.29, 0.717) is 11.3 Å². The molecule has 0 saturated carbocycles. The summed E-state index contributed by atoms with van der Waals surface area (Å²) in [7, 11) is 0. The van der Waals surface area contributed by atoms with Gasteiger partial charge in [-0.3, -0.25) is 4.79 Å². The quantitative estimate of drug-likeness (QED) is 0.748. The summed E-state index contributed by atoms with van der Waals surface area (Å²) in [5.74, 6) is -0.181. The number of nitrogens with two attached hydrogens (primary N) is 1. The van der Waals surface area contributed by atoms with Gasteiger partial charge in [-0.2, -0.15) is 0 Å². The third kappa shape index (κ3) is 2.25. The molecule has 0 aliphatic heterocycles. The number of anilines is 2. The van der Waals surface area contributed by atoms with Crippen molar-refractivity contribution < 1.29 is 9.21 Å². The monoisotopic (exact) mass is 280 g/mol. The van der Waals surface area contributed by atoms with E-state index in [1.165, 1.54) is 0 Å². The second-order valence-corrected chi connectivity index (χ2v) is 5.06. The van der Waals surface area contributed by atoms with Crippen LogP contribution in [0.4, 0.5) is 11.4 Å². The summed E-state index contributed by atoms with van der Waals surface area (Å²) < 4.78 is 5.58. The number of hydrogen-bond donors (Lipinski definition) is 2. The molecule has 0 fully saturated rings. The van der Waals surface area contributed by atoms with Gasteiger partial charge in [-0.1, -0.05) is 30.3 Å². The van der Waals surface area contributed by atoms with E-state index in [1.807, 2.05) is 50.2 Å². The zero-order chi connectivity index (χ0) is 15.0. The molecule has 1 amide bonds. The van der Waals surface area contributed by atoms with Crippen molar-refractivity contribution in [2.45, 2.75) is 13.8 Å². The minimum absolute atomic E-state index is 0.152. The molecule has 4 nitrogen and oxygen atoms in total. The molecule has 2 aromatic carbocycles. The number of hydrogen-bond acceptors (Lipinski definition) is 3. The summed E-state index contributed by atoms with van der Waals surface area (Å²) in [6.07, 6.45) is 0. The molecule has 1 aromatic heterocycles. The molecule has 21 heavy (non-hydrogen) atoms. The largest absolute Gasteiger partial charge is 0.449 e. The number of nitrogen functional groups attached to an aromatic ring is 1. The van der Waals surface area contributed by atoms with Gasteiger partial charge in [0, 0.05) is 11.1 Å². The highest BCUT2D eigenvalue weighted by atomic mass is 16.3. The van der Waals surface area contributed by atoms with Crippen molar-refractivity contribution in [3.63, 3.8) is 0 Å². The molecule has 4 heteroatoms. The fraction of sp³-hybridized carbons (Fsp3) is 0.118. The van der Waals surface area contributed by atoms with Gasteiger partial charge in [0.2, 0.25) is 5.76 Å². The Morgan fingerprint density at radius 1 is 1.05 bits per heavy atom. The number of benzene rings is 2. The Balaban J connectivity index is 2.00. The van der Waals surface area contributed by atoms with E-state index >= 15 is 0 Å². The molecule has 0 unspecified atom stereocenters. The first-order valence-electron chi connectivity index (χ1n) is 6.72. The lowest BCUT2D eigenvalue weighted by atomic mass is 10.1. The lowest BCUT2D eigenvalue weighted by Gasteiger charge is -2.10. The molecule has 3 rings (SSSR count). The minimum Gasteiger partial charge on any atom is -0.449 e. The van der Waals surface area contributed by atoms with E-state index in [-0.39, 0.29) is 11.7 Å². The van der Waals surface area contributed by atoms with Crippen molar-refractivity contribution in [3.05, 3.63) is 59.4 Å². The van der Waals surface area contributed by atoms with Crippen LogP contribution in [0.25, 0.3) is 11.0 Å². The van der Waals surface area contributed by atoms with Crippen LogP contribution in [0.3, 0.4) is 0 Å². The van der Waals surface area contributed by atoms with Gasteiger partial charge in [-0.05, 0) is 37.1 Å². The molecule has 1 heterocycles. The first-order chi connectivity index (χ1) is 10.1. The lowest BCUT2D eigenvalue weighted by molar-refractivity contribution is 0.0999. The van der Waals surface area contributed by atoms with Crippen molar-refractivity contribution in [1.29, 1.82) is 0 Å². The van der Waals surface area contributed by atoms with Crippen molar-refractivity contribution in [3.8, 4) is 0 Å². The summed E-state index contributed by atoms with van der Waals surface area (Å²) in [5.41, 5.74) is 9.79. The molecule has 0 aliphatic rings. The number of nitrogens with one attached hydrogen (secondary N) is 1. The number of carbonyl (C=O) groups excluding carboxylic acids is 1. The predicted molar refractivity (Wildman–Crippen MR) is 84.5 cm³/mol. The normalized spacial score (nSPS) is 10.8. The number of rotatable bonds is 2. The van der Waals surface area contributed by atoms with Gasteiger partial charge in [0.1, 0.15) is 5.58 Å². The number of carbonyl (C=O) groups is 1. The number of amides is 1. The first kappa shape index (κ1) is 13.2. The van der Waals surface area contributed by atoms with Gasteiger partial charge in [-0.15, -0.1) is 0 Å². The smallest absolute Gasteiger partial charge is 0.293 e. The molecule has 0 saturated heterocycles. The maximum Gasteiger partial charge on any atom is 0.293 e. The van der Waals surface area contributed by atoms with Crippen LogP contribution in [0.15, 0.2) is 46.9 Å². The molecular formula is C17H16N2O2. The van der Waals surface area contributed by atoms with E-state index < -0.39 is 0 Å². The molecule has 0 spiro atoms. The SMILES string of the molecule is Cc1cccc(C)c1NC(=O)c1oc2ccccc2c1N. The number of furan rings is 1. The summed E-state index contributed by atoms with van der Waals surface area (Å²) in [4.78, 5) is 12.4. The van der Waals surface area contributed by atoms with E-state index in [9.17, 15) is 4.79 Å². The third-order valence-corrected chi connectivity index (χ3v) is 3.56. The van der Waals surface area contributed by atoms with Crippen molar-refractivity contribution in [1.82, 2.24) is 0 Å². The standard InChI is InChI=1S/C17H16N2O2/c1-10-6-5-7-11(2)15(10)19-17(20)16-14(18)12-8-3-4-9-13(12)21-16/h3-9H,18H2,1-2H3,(H,19,20). The highest BCUT2D eigenvalue weighted by Gasteiger charge is 2.19. The van der Waals surface area contributed by atoms with Gasteiger partial charge in [0.05, 0.1) is 5.69 Å². The molecule has 3 N–H and O–H groups in total. The van der Waals surface area contributed by atoms with Gasteiger partial charge in [-0.25, -0.2) is 0 Å². The van der Waals surface area contributed by atoms with Gasteiger partial charge in [0.25, 0.3) is 5.91 Å². The van der Waals surface area contributed by atoms with Gasteiger partial charge in [0.15, 0.2) is 0 Å². The minimum atomic E-state index is -0.332. The zero-order valence-corrected chi connectivity index (χ0v) is 11.9. The molecule has 0 atom stereocenters. The Morgan fingerprint density at radius 2 is 1.71 bits per heavy atom. The van der Waals surface area contributed by atoms with E-state index in [1.54, 1.807) is 6.07 Å². The summed E-state index contributed by atoms with van der Waals surface area (Å²) in [5, 5.41) is 3.64. The lowest BCUT2D eigenvalue weighted by Crippen LogP contribution is -2.14. The topological polar surface area (TPSA) is 68.3 Å². The van der Waals surface area contributed by atoms with Crippen LogP contribution < -0.4 is 11.1 Å². The Labute approximate surface area is 122 Å². The Kier molecular flexibility index (Phi) is 3.14. The van der Waals surface area contributed by atoms with Gasteiger partial charge >= 0.3 is 0 Å². The second kappa shape index (κ2) is 4.98. The van der Waals surface area contributed by atoms with Crippen LogP contribution in [0.5, 0.6) is 0 Å². The van der Waals surface area contributed by atoms with Crippen LogP contribution in [0.2, 0.25) is 0 Å². The third-order valence-electron chi connectivity index (χ3n) is 3.56. The van der Waals surface area contributed by atoms with Crippen LogP contribution >= 0.6 is 0 Å². The predicted octanol–water partition coefficient (Wildman–Crippen LogP) is 3.88. The van der Waals surface area contributed by atoms with E-state index in [4.69, 9.17) is 10.2 Å². The maximum absolute atomic E-state index is 12.4. The van der Waals surface area contributed by atoms with Crippen molar-refractivity contribution >= 4 is 28.3 Å². The Hall–Kier alpha value is -2.75. The van der Waals surface area contributed by atoms with Crippen molar-refractivity contribution in [2.24, 2.45) is 0 Å². The van der Waals surface area contributed by atoms with Gasteiger partial charge < -0.3 is 15.5 Å². The first-order valence-corrected chi connectivity index (χ1v) is 6.72. The summed E-state index contributed by atoms with van der Waals surface area (Å²) in [6.45, 7) is 3.90. The van der Waals surface area contributed by atoms with Crippen LogP contribution in [0, 0.1) is 13.8 Å². The molecule has 0 aliphatic carbocycles. The average molecular weight is 280 g/mol. The highest BCUT2D eigenvalue weighted by molar-refractivity contribution is 6.11. The zero-order valence-electron chi connectivity index (χ0n) is 11.9.